The molecule has 0 aromatic carbocycles. The standard InChI is InChI=1S/C11H20BrNO/c1-2-5-11(14)13-9-4-7-10(13)6-3-8-12/h10H,2-9H2,1H3. The lowest BCUT2D eigenvalue weighted by molar-refractivity contribution is -0.132. The Morgan fingerprint density at radius 3 is 3.00 bits per heavy atom. The molecule has 14 heavy (non-hydrogen) atoms. The predicted molar refractivity (Wildman–Crippen MR) is 62.7 cm³/mol. The molecule has 0 aliphatic carbocycles. The predicted octanol–water partition coefficient (Wildman–Crippen LogP) is 2.95. The summed E-state index contributed by atoms with van der Waals surface area (Å²) in [5.74, 6) is 0.365. The van der Waals surface area contributed by atoms with Gasteiger partial charge in [-0.3, -0.25) is 4.79 Å². The van der Waals surface area contributed by atoms with Gasteiger partial charge in [-0.2, -0.15) is 0 Å². The summed E-state index contributed by atoms with van der Waals surface area (Å²) in [5.41, 5.74) is 0. The highest BCUT2D eigenvalue weighted by Crippen LogP contribution is 2.22. The van der Waals surface area contributed by atoms with Crippen molar-refractivity contribution in [2.75, 3.05) is 11.9 Å². The number of carbonyl (C=O) groups is 1. The van der Waals surface area contributed by atoms with Gasteiger partial charge in [0.25, 0.3) is 0 Å². The summed E-state index contributed by atoms with van der Waals surface area (Å²) in [6.45, 7) is 3.06. The highest BCUT2D eigenvalue weighted by Gasteiger charge is 2.27. The average molecular weight is 262 g/mol. The second-order valence-corrected chi connectivity index (χ2v) is 4.76. The van der Waals surface area contributed by atoms with Crippen molar-refractivity contribution in [3.05, 3.63) is 0 Å². The molecule has 82 valence electrons. The number of nitrogens with zero attached hydrogens (tertiary/aromatic N) is 1. The Labute approximate surface area is 95.2 Å². The second-order valence-electron chi connectivity index (χ2n) is 3.96. The Balaban J connectivity index is 2.38. The van der Waals surface area contributed by atoms with E-state index in [0.29, 0.717) is 11.9 Å². The monoisotopic (exact) mass is 261 g/mol. The van der Waals surface area contributed by atoms with Crippen LogP contribution >= 0.6 is 15.9 Å². The number of halogens is 1. The Bertz CT molecular complexity index is 184. The maximum atomic E-state index is 11.7. The molecule has 1 amide bonds. The van der Waals surface area contributed by atoms with Crippen molar-refractivity contribution in [3.8, 4) is 0 Å². The van der Waals surface area contributed by atoms with E-state index in [4.69, 9.17) is 0 Å². The lowest BCUT2D eigenvalue weighted by Crippen LogP contribution is -2.35. The summed E-state index contributed by atoms with van der Waals surface area (Å²) in [6, 6.07) is 0.534. The number of hydrogen-bond donors (Lipinski definition) is 0. The van der Waals surface area contributed by atoms with E-state index >= 15 is 0 Å². The molecule has 1 unspecified atom stereocenters. The van der Waals surface area contributed by atoms with E-state index in [9.17, 15) is 4.79 Å². The molecule has 0 radical (unpaired) electrons. The summed E-state index contributed by atoms with van der Waals surface area (Å²) in [6.07, 6.45) is 6.46. The summed E-state index contributed by atoms with van der Waals surface area (Å²) >= 11 is 3.44. The fourth-order valence-electron chi connectivity index (χ4n) is 2.13. The fourth-order valence-corrected chi connectivity index (χ4v) is 2.46. The van der Waals surface area contributed by atoms with Gasteiger partial charge in [-0.25, -0.2) is 0 Å². The SMILES string of the molecule is CCCC(=O)N1CCCC1CCCBr. The summed E-state index contributed by atoms with van der Waals surface area (Å²) in [5, 5.41) is 1.05. The first-order valence-electron chi connectivity index (χ1n) is 5.65. The van der Waals surface area contributed by atoms with E-state index in [1.807, 2.05) is 0 Å². The third-order valence-corrected chi connectivity index (χ3v) is 3.39. The summed E-state index contributed by atoms with van der Waals surface area (Å²) < 4.78 is 0. The molecule has 1 aliphatic rings. The number of alkyl halides is 1. The van der Waals surface area contributed by atoms with Gasteiger partial charge in [0, 0.05) is 24.3 Å². The molecule has 1 fully saturated rings. The minimum atomic E-state index is 0.365. The number of amides is 1. The van der Waals surface area contributed by atoms with Crippen LogP contribution in [0, 0.1) is 0 Å². The number of likely N-dealkylation sites (tertiary alicyclic amines) is 1. The number of carbonyl (C=O) groups excluding carboxylic acids is 1. The van der Waals surface area contributed by atoms with E-state index < -0.39 is 0 Å². The number of hydrogen-bond acceptors (Lipinski definition) is 1. The van der Waals surface area contributed by atoms with Crippen LogP contribution in [0.4, 0.5) is 0 Å². The van der Waals surface area contributed by atoms with E-state index in [-0.39, 0.29) is 0 Å². The molecule has 0 aromatic rings. The van der Waals surface area contributed by atoms with Crippen molar-refractivity contribution in [2.45, 2.75) is 51.5 Å². The Hall–Kier alpha value is -0.0500. The zero-order valence-corrected chi connectivity index (χ0v) is 10.6. The number of rotatable bonds is 5. The second kappa shape index (κ2) is 6.44. The van der Waals surface area contributed by atoms with Gasteiger partial charge in [-0.05, 0) is 32.1 Å². The minimum absolute atomic E-state index is 0.365. The molecule has 0 bridgehead atoms. The molecule has 3 heteroatoms. The van der Waals surface area contributed by atoms with E-state index in [0.717, 1.165) is 24.7 Å². The normalized spacial score (nSPS) is 21.6. The highest BCUT2D eigenvalue weighted by molar-refractivity contribution is 9.09. The van der Waals surface area contributed by atoms with Crippen molar-refractivity contribution in [2.24, 2.45) is 0 Å². The van der Waals surface area contributed by atoms with E-state index in [2.05, 4.69) is 27.8 Å². The molecule has 0 N–H and O–H groups in total. The van der Waals surface area contributed by atoms with Gasteiger partial charge in [0.1, 0.15) is 0 Å². The third-order valence-electron chi connectivity index (χ3n) is 2.83. The molecule has 1 saturated heterocycles. The Morgan fingerprint density at radius 1 is 1.57 bits per heavy atom. The van der Waals surface area contributed by atoms with Crippen LogP contribution in [0.15, 0.2) is 0 Å². The topological polar surface area (TPSA) is 20.3 Å². The molecule has 2 nitrogen and oxygen atoms in total. The first-order valence-corrected chi connectivity index (χ1v) is 6.77. The molecule has 1 atom stereocenters. The van der Waals surface area contributed by atoms with Crippen LogP contribution in [0.25, 0.3) is 0 Å². The van der Waals surface area contributed by atoms with Gasteiger partial charge in [-0.1, -0.05) is 22.9 Å². The van der Waals surface area contributed by atoms with Crippen LogP contribution < -0.4 is 0 Å². The zero-order valence-electron chi connectivity index (χ0n) is 8.97. The molecular formula is C11H20BrNO. The van der Waals surface area contributed by atoms with Gasteiger partial charge in [0.2, 0.25) is 5.91 Å². The van der Waals surface area contributed by atoms with Crippen LogP contribution in [0.5, 0.6) is 0 Å². The maximum Gasteiger partial charge on any atom is 0.222 e. The molecule has 1 rings (SSSR count). The first kappa shape index (κ1) is 12.0. The molecule has 0 spiro atoms. The highest BCUT2D eigenvalue weighted by atomic mass is 79.9. The molecule has 0 saturated carbocycles. The van der Waals surface area contributed by atoms with Gasteiger partial charge < -0.3 is 4.90 Å². The lowest BCUT2D eigenvalue weighted by atomic mass is 10.1. The third kappa shape index (κ3) is 3.26. The van der Waals surface area contributed by atoms with E-state index in [1.54, 1.807) is 0 Å². The smallest absolute Gasteiger partial charge is 0.222 e. The quantitative estimate of drug-likeness (QED) is 0.697. The van der Waals surface area contributed by atoms with E-state index in [1.165, 1.54) is 25.7 Å². The fraction of sp³-hybridized carbons (Fsp3) is 0.909. The van der Waals surface area contributed by atoms with Crippen LogP contribution in [-0.2, 0) is 4.79 Å². The van der Waals surface area contributed by atoms with Gasteiger partial charge in [-0.15, -0.1) is 0 Å². The average Bonchev–Trinajstić information content (AvgIpc) is 2.63. The molecular weight excluding hydrogens is 242 g/mol. The molecule has 1 aliphatic heterocycles. The molecule has 1 heterocycles. The van der Waals surface area contributed by atoms with Crippen LogP contribution in [0.3, 0.4) is 0 Å². The first-order chi connectivity index (χ1) is 6.79. The van der Waals surface area contributed by atoms with Crippen LogP contribution in [0.1, 0.15) is 45.4 Å². The minimum Gasteiger partial charge on any atom is -0.340 e. The van der Waals surface area contributed by atoms with Crippen LogP contribution in [0.2, 0.25) is 0 Å². The Kier molecular flexibility index (Phi) is 5.53. The van der Waals surface area contributed by atoms with Crippen LogP contribution in [-0.4, -0.2) is 28.7 Å². The van der Waals surface area contributed by atoms with Crippen molar-refractivity contribution in [1.29, 1.82) is 0 Å². The summed E-state index contributed by atoms with van der Waals surface area (Å²) in [7, 11) is 0. The Morgan fingerprint density at radius 2 is 2.36 bits per heavy atom. The summed E-state index contributed by atoms with van der Waals surface area (Å²) in [4.78, 5) is 13.8. The van der Waals surface area contributed by atoms with Crippen molar-refractivity contribution < 1.29 is 4.79 Å². The van der Waals surface area contributed by atoms with Gasteiger partial charge in [0.05, 0.1) is 0 Å². The zero-order chi connectivity index (χ0) is 10.4. The lowest BCUT2D eigenvalue weighted by Gasteiger charge is -2.24. The van der Waals surface area contributed by atoms with Crippen molar-refractivity contribution in [1.82, 2.24) is 4.90 Å². The van der Waals surface area contributed by atoms with Crippen molar-refractivity contribution in [3.63, 3.8) is 0 Å². The van der Waals surface area contributed by atoms with Gasteiger partial charge >= 0.3 is 0 Å². The largest absolute Gasteiger partial charge is 0.340 e. The van der Waals surface area contributed by atoms with Gasteiger partial charge in [0.15, 0.2) is 0 Å². The van der Waals surface area contributed by atoms with Crippen molar-refractivity contribution >= 4 is 21.8 Å². The maximum absolute atomic E-state index is 11.7. The molecule has 0 aromatic heterocycles.